The van der Waals surface area contributed by atoms with Gasteiger partial charge in [0.25, 0.3) is 5.89 Å². The predicted molar refractivity (Wildman–Crippen MR) is 91.2 cm³/mol. The molecule has 0 amide bonds. The fourth-order valence-corrected chi connectivity index (χ4v) is 2.76. The van der Waals surface area contributed by atoms with E-state index in [0.29, 0.717) is 23.2 Å². The molecule has 8 heteroatoms. The zero-order chi connectivity index (χ0) is 17.0. The first-order valence-corrected chi connectivity index (χ1v) is 7.89. The number of benzene rings is 1. The van der Waals surface area contributed by atoms with Crippen molar-refractivity contribution in [2.75, 3.05) is 13.1 Å². The number of hydrogen-bond acceptors (Lipinski definition) is 4. The van der Waals surface area contributed by atoms with Crippen LogP contribution in [0.15, 0.2) is 28.8 Å². The van der Waals surface area contributed by atoms with Gasteiger partial charge in [0, 0.05) is 12.5 Å². The number of aromatic nitrogens is 2. The Labute approximate surface area is 149 Å². The zero-order valence-corrected chi connectivity index (χ0v) is 14.2. The van der Waals surface area contributed by atoms with Crippen molar-refractivity contribution >= 4 is 24.6 Å². The van der Waals surface area contributed by atoms with Crippen molar-refractivity contribution < 1.29 is 17.7 Å². The summed E-state index contributed by atoms with van der Waals surface area (Å²) in [5, 5.41) is 7.27. The average Bonchev–Trinajstić information content (AvgIpc) is 3.01. The number of piperidine rings is 1. The zero-order valence-electron chi connectivity index (χ0n) is 13.4. The molecule has 0 spiro atoms. The van der Waals surface area contributed by atoms with Crippen LogP contribution in [0.2, 0.25) is 0 Å². The van der Waals surface area contributed by atoms with Crippen molar-refractivity contribution in [1.82, 2.24) is 15.5 Å². The molecule has 0 radical (unpaired) electrons. The van der Waals surface area contributed by atoms with Gasteiger partial charge in [-0.25, -0.2) is 0 Å². The van der Waals surface area contributed by atoms with Crippen molar-refractivity contribution in [2.45, 2.75) is 25.4 Å². The van der Waals surface area contributed by atoms with E-state index in [-0.39, 0.29) is 12.4 Å². The Morgan fingerprint density at radius 3 is 2.84 bits per heavy atom. The van der Waals surface area contributed by atoms with Gasteiger partial charge in [-0.2, -0.15) is 18.2 Å². The molecule has 1 aliphatic rings. The summed E-state index contributed by atoms with van der Waals surface area (Å²) in [7, 11) is 0. The molecule has 1 saturated heterocycles. The third kappa shape index (κ3) is 5.57. The van der Waals surface area contributed by atoms with Gasteiger partial charge in [-0.1, -0.05) is 17.3 Å². The molecule has 1 N–H and O–H groups in total. The molecule has 1 aromatic heterocycles. The van der Waals surface area contributed by atoms with E-state index in [1.54, 1.807) is 6.07 Å². The van der Waals surface area contributed by atoms with E-state index in [9.17, 15) is 13.2 Å². The topological polar surface area (TPSA) is 51.0 Å². The highest BCUT2D eigenvalue weighted by Crippen LogP contribution is 2.29. The normalized spacial score (nSPS) is 18.3. The molecule has 2 heterocycles. The number of nitrogens with zero attached hydrogens (tertiary/aromatic N) is 2. The van der Waals surface area contributed by atoms with E-state index >= 15 is 0 Å². The second kappa shape index (κ2) is 8.49. The van der Waals surface area contributed by atoms with Crippen molar-refractivity contribution in [2.24, 2.45) is 5.92 Å². The van der Waals surface area contributed by atoms with Gasteiger partial charge in [-0.3, -0.25) is 0 Å². The number of alkyl halides is 3. The molecule has 0 saturated carbocycles. The molecular weight excluding hydrogens is 355 g/mol. The van der Waals surface area contributed by atoms with E-state index in [4.69, 9.17) is 4.52 Å². The summed E-state index contributed by atoms with van der Waals surface area (Å²) < 4.78 is 43.2. The highest BCUT2D eigenvalue weighted by molar-refractivity contribution is 5.85. The van der Waals surface area contributed by atoms with Crippen LogP contribution in [0, 0.1) is 5.92 Å². The molecule has 3 rings (SSSR count). The van der Waals surface area contributed by atoms with Gasteiger partial charge in [0.1, 0.15) is 0 Å². The van der Waals surface area contributed by atoms with E-state index in [1.165, 1.54) is 18.2 Å². The summed E-state index contributed by atoms with van der Waals surface area (Å²) in [6.07, 6.45) is 1.74. The molecule has 0 aliphatic carbocycles. The molecule has 4 nitrogen and oxygen atoms in total. The maximum atomic E-state index is 12.7. The van der Waals surface area contributed by atoms with Crippen LogP contribution in [-0.2, 0) is 12.6 Å². The maximum absolute atomic E-state index is 12.7. The van der Waals surface area contributed by atoms with Gasteiger partial charge in [-0.15, -0.1) is 12.4 Å². The van der Waals surface area contributed by atoms with Crippen LogP contribution >= 0.6 is 12.4 Å². The first-order valence-electron chi connectivity index (χ1n) is 7.89. The van der Waals surface area contributed by atoms with Gasteiger partial charge in [0.05, 0.1) is 5.56 Å². The van der Waals surface area contributed by atoms with Crippen molar-refractivity contribution in [3.05, 3.63) is 47.1 Å². The summed E-state index contributed by atoms with van der Waals surface area (Å²) in [6.45, 7) is 2.00. The third-order valence-electron chi connectivity index (χ3n) is 3.99. The van der Waals surface area contributed by atoms with E-state index in [1.807, 2.05) is 0 Å². The van der Waals surface area contributed by atoms with Crippen molar-refractivity contribution in [3.8, 4) is 0 Å². The molecule has 2 aromatic rings. The van der Waals surface area contributed by atoms with Crippen LogP contribution in [0.4, 0.5) is 13.2 Å². The lowest BCUT2D eigenvalue weighted by atomic mass is 9.96. The monoisotopic (exact) mass is 373 g/mol. The lowest BCUT2D eigenvalue weighted by Crippen LogP contribution is -2.31. The lowest BCUT2D eigenvalue weighted by molar-refractivity contribution is -0.137. The number of rotatable bonds is 4. The molecule has 1 unspecified atom stereocenters. The minimum absolute atomic E-state index is 0. The fourth-order valence-electron chi connectivity index (χ4n) is 2.76. The van der Waals surface area contributed by atoms with Gasteiger partial charge < -0.3 is 9.84 Å². The van der Waals surface area contributed by atoms with Crippen LogP contribution in [0.5, 0.6) is 0 Å². The summed E-state index contributed by atoms with van der Waals surface area (Å²) in [5.41, 5.74) is -0.248. The highest BCUT2D eigenvalue weighted by atomic mass is 35.5. The minimum atomic E-state index is -4.35. The minimum Gasteiger partial charge on any atom is -0.335 e. The Kier molecular flexibility index (Phi) is 6.61. The SMILES string of the molecule is Cl.FC(F)(F)c1cccc(/C=C/c2nc(CC3CCCNC3)no2)c1. The molecule has 1 atom stereocenters. The number of halogens is 4. The molecule has 1 aromatic carbocycles. The summed E-state index contributed by atoms with van der Waals surface area (Å²) >= 11 is 0. The second-order valence-electron chi connectivity index (χ2n) is 5.92. The van der Waals surface area contributed by atoms with Crippen LogP contribution in [0.3, 0.4) is 0 Å². The Morgan fingerprint density at radius 2 is 2.12 bits per heavy atom. The largest absolute Gasteiger partial charge is 0.416 e. The van der Waals surface area contributed by atoms with Crippen molar-refractivity contribution in [1.29, 1.82) is 0 Å². The molecule has 0 bridgehead atoms. The molecule has 1 fully saturated rings. The Morgan fingerprint density at radius 1 is 1.28 bits per heavy atom. The van der Waals surface area contributed by atoms with Gasteiger partial charge >= 0.3 is 6.18 Å². The molecule has 136 valence electrons. The van der Waals surface area contributed by atoms with E-state index in [2.05, 4.69) is 15.5 Å². The van der Waals surface area contributed by atoms with Gasteiger partial charge in [0.2, 0.25) is 0 Å². The van der Waals surface area contributed by atoms with Gasteiger partial charge in [0.15, 0.2) is 5.82 Å². The summed E-state index contributed by atoms with van der Waals surface area (Å²) in [6, 6.07) is 5.09. The predicted octanol–water partition coefficient (Wildman–Crippen LogP) is 4.22. The first kappa shape index (κ1) is 19.5. The molecule has 25 heavy (non-hydrogen) atoms. The van der Waals surface area contributed by atoms with E-state index < -0.39 is 11.7 Å². The highest BCUT2D eigenvalue weighted by Gasteiger charge is 2.30. The first-order chi connectivity index (χ1) is 11.5. The summed E-state index contributed by atoms with van der Waals surface area (Å²) in [4.78, 5) is 4.28. The number of nitrogens with one attached hydrogen (secondary N) is 1. The Hall–Kier alpha value is -1.86. The van der Waals surface area contributed by atoms with Gasteiger partial charge in [-0.05, 0) is 55.6 Å². The van der Waals surface area contributed by atoms with Crippen LogP contribution in [0.25, 0.3) is 12.2 Å². The quantitative estimate of drug-likeness (QED) is 0.871. The third-order valence-corrected chi connectivity index (χ3v) is 3.99. The lowest BCUT2D eigenvalue weighted by Gasteiger charge is -2.20. The smallest absolute Gasteiger partial charge is 0.335 e. The van der Waals surface area contributed by atoms with Crippen molar-refractivity contribution in [3.63, 3.8) is 0 Å². The standard InChI is InChI=1S/C17H18F3N3O.ClH/c18-17(19,20)14-5-1-3-12(9-14)6-7-16-22-15(23-24-16)10-13-4-2-8-21-11-13;/h1,3,5-7,9,13,21H,2,4,8,10-11H2;1H/b7-6+;. The maximum Gasteiger partial charge on any atom is 0.416 e. The number of hydrogen-bond donors (Lipinski definition) is 1. The van der Waals surface area contributed by atoms with Crippen LogP contribution in [-0.4, -0.2) is 23.2 Å². The Bertz CT molecular complexity index is 709. The average molecular weight is 374 g/mol. The molecular formula is C17H19ClF3N3O. The fraction of sp³-hybridized carbons (Fsp3) is 0.412. The second-order valence-corrected chi connectivity index (χ2v) is 5.92. The summed E-state index contributed by atoms with van der Waals surface area (Å²) in [5.74, 6) is 1.43. The van der Waals surface area contributed by atoms with Crippen LogP contribution < -0.4 is 5.32 Å². The van der Waals surface area contributed by atoms with E-state index in [0.717, 1.165) is 44.5 Å². The Balaban J connectivity index is 0.00000225. The molecule has 1 aliphatic heterocycles. The van der Waals surface area contributed by atoms with Crippen LogP contribution in [0.1, 0.15) is 35.7 Å².